The van der Waals surface area contributed by atoms with Crippen molar-refractivity contribution in [1.29, 1.82) is 5.26 Å². The van der Waals surface area contributed by atoms with Crippen LogP contribution in [0.25, 0.3) is 22.3 Å². The molecule has 0 unspecified atom stereocenters. The first-order valence-corrected chi connectivity index (χ1v) is 8.58. The molecule has 3 heterocycles. The van der Waals surface area contributed by atoms with E-state index in [1.165, 1.54) is 0 Å². The summed E-state index contributed by atoms with van der Waals surface area (Å²) in [5, 5.41) is 17.0. The third kappa shape index (κ3) is 3.11. The fraction of sp³-hybridized carbons (Fsp3) is 0.143. The Balaban J connectivity index is 1.64. The number of nitrogens with zero attached hydrogens (tertiary/aromatic N) is 3. The van der Waals surface area contributed by atoms with Crippen LogP contribution in [-0.4, -0.2) is 25.9 Å². The van der Waals surface area contributed by atoms with E-state index in [1.54, 1.807) is 12.3 Å². The molecule has 0 saturated carbocycles. The van der Waals surface area contributed by atoms with Crippen LogP contribution in [0.3, 0.4) is 0 Å². The molecule has 0 atom stereocenters. The van der Waals surface area contributed by atoms with Gasteiger partial charge >= 0.3 is 0 Å². The van der Waals surface area contributed by atoms with E-state index in [1.807, 2.05) is 44.2 Å². The highest BCUT2D eigenvalue weighted by Gasteiger charge is 2.15. The Kier molecular flexibility index (Phi) is 4.05. The number of rotatable bonds is 4. The number of nitrogens with one attached hydrogen (secondary N) is 2. The van der Waals surface area contributed by atoms with Crippen LogP contribution in [-0.2, 0) is 6.42 Å². The molecule has 27 heavy (non-hydrogen) atoms. The maximum Gasteiger partial charge on any atom is 0.187 e. The molecule has 2 N–H and O–H groups in total. The lowest BCUT2D eigenvalue weighted by atomic mass is 10.0. The molecular formula is C21H17N5O. The van der Waals surface area contributed by atoms with Gasteiger partial charge in [0.15, 0.2) is 5.78 Å². The van der Waals surface area contributed by atoms with Crippen molar-refractivity contribution in [3.63, 3.8) is 0 Å². The summed E-state index contributed by atoms with van der Waals surface area (Å²) in [4.78, 5) is 20.2. The van der Waals surface area contributed by atoms with Gasteiger partial charge in [-0.1, -0.05) is 12.1 Å². The summed E-state index contributed by atoms with van der Waals surface area (Å²) in [6.07, 6.45) is 1.96. The van der Waals surface area contributed by atoms with Gasteiger partial charge in [-0.25, -0.2) is 4.98 Å². The van der Waals surface area contributed by atoms with Crippen LogP contribution in [0, 0.1) is 25.2 Å². The number of ketones is 1. The number of aromatic nitrogens is 4. The van der Waals surface area contributed by atoms with Crippen LogP contribution < -0.4 is 0 Å². The lowest BCUT2D eigenvalue weighted by molar-refractivity contribution is 0.0987. The maximum absolute atomic E-state index is 12.5. The first-order valence-electron chi connectivity index (χ1n) is 8.58. The number of fused-ring (bicyclic) bond motifs is 1. The number of benzene rings is 1. The van der Waals surface area contributed by atoms with Crippen LogP contribution in [0.5, 0.6) is 0 Å². The second-order valence-electron chi connectivity index (χ2n) is 6.58. The zero-order valence-corrected chi connectivity index (χ0v) is 15.0. The van der Waals surface area contributed by atoms with Crippen molar-refractivity contribution in [1.82, 2.24) is 20.2 Å². The zero-order chi connectivity index (χ0) is 19.0. The van der Waals surface area contributed by atoms with Gasteiger partial charge < -0.3 is 4.98 Å². The third-order valence-corrected chi connectivity index (χ3v) is 4.71. The Morgan fingerprint density at radius 3 is 2.81 bits per heavy atom. The lowest BCUT2D eigenvalue weighted by Gasteiger charge is -2.00. The molecule has 0 amide bonds. The van der Waals surface area contributed by atoms with Crippen LogP contribution in [0.2, 0.25) is 0 Å². The number of carbonyl (C=O) groups is 1. The zero-order valence-electron chi connectivity index (χ0n) is 15.0. The number of aryl methyl sites for hydroxylation is 1. The SMILES string of the molecule is Cc1[nH]nc(C(=O)Cc2cnc3[nH]c(-c4cccc(C#N)c4)cc3c2)c1C. The Morgan fingerprint density at radius 1 is 1.22 bits per heavy atom. The molecule has 0 radical (unpaired) electrons. The van der Waals surface area contributed by atoms with Crippen LogP contribution in [0.15, 0.2) is 42.6 Å². The number of nitriles is 1. The minimum Gasteiger partial charge on any atom is -0.339 e. The molecule has 0 fully saturated rings. The Hall–Kier alpha value is -3.72. The topological polar surface area (TPSA) is 98.2 Å². The van der Waals surface area contributed by atoms with Crippen LogP contribution >= 0.6 is 0 Å². The van der Waals surface area contributed by atoms with E-state index in [2.05, 4.69) is 26.2 Å². The largest absolute Gasteiger partial charge is 0.339 e. The fourth-order valence-corrected chi connectivity index (χ4v) is 3.10. The number of H-pyrrole nitrogens is 2. The van der Waals surface area contributed by atoms with E-state index in [0.717, 1.165) is 39.1 Å². The predicted octanol–water partition coefficient (Wildman–Crippen LogP) is 3.87. The first-order chi connectivity index (χ1) is 13.0. The first kappa shape index (κ1) is 16.7. The highest BCUT2D eigenvalue weighted by molar-refractivity contribution is 5.97. The Morgan fingerprint density at radius 2 is 2.07 bits per heavy atom. The molecule has 132 valence electrons. The summed E-state index contributed by atoms with van der Waals surface area (Å²) >= 11 is 0. The van der Waals surface area contributed by atoms with Gasteiger partial charge in [-0.2, -0.15) is 10.4 Å². The van der Waals surface area contributed by atoms with E-state index in [-0.39, 0.29) is 12.2 Å². The van der Waals surface area contributed by atoms with Gasteiger partial charge in [-0.3, -0.25) is 9.89 Å². The quantitative estimate of drug-likeness (QED) is 0.543. The van der Waals surface area contributed by atoms with Gasteiger partial charge in [-0.05, 0) is 49.2 Å². The summed E-state index contributed by atoms with van der Waals surface area (Å²) < 4.78 is 0. The van der Waals surface area contributed by atoms with Crippen LogP contribution in [0.4, 0.5) is 0 Å². The smallest absolute Gasteiger partial charge is 0.187 e. The third-order valence-electron chi connectivity index (χ3n) is 4.71. The Bertz CT molecular complexity index is 1210. The van der Waals surface area contributed by atoms with Crippen molar-refractivity contribution in [2.24, 2.45) is 0 Å². The average molecular weight is 355 g/mol. The molecule has 6 nitrogen and oxygen atoms in total. The van der Waals surface area contributed by atoms with E-state index in [0.29, 0.717) is 11.3 Å². The molecule has 4 rings (SSSR count). The van der Waals surface area contributed by atoms with Crippen molar-refractivity contribution in [2.75, 3.05) is 0 Å². The molecular weight excluding hydrogens is 338 g/mol. The number of pyridine rings is 1. The molecule has 0 aliphatic heterocycles. The van der Waals surface area contributed by atoms with Crippen molar-refractivity contribution in [3.8, 4) is 17.3 Å². The molecule has 6 heteroatoms. The molecule has 0 bridgehead atoms. The minimum absolute atomic E-state index is 0.0320. The number of carbonyl (C=O) groups excluding carboxylic acids is 1. The molecule has 0 aliphatic carbocycles. The molecule has 0 aliphatic rings. The predicted molar refractivity (Wildman–Crippen MR) is 102 cm³/mol. The monoisotopic (exact) mass is 355 g/mol. The number of hydrogen-bond acceptors (Lipinski definition) is 4. The molecule has 1 aromatic carbocycles. The van der Waals surface area contributed by atoms with Gasteiger partial charge in [0.2, 0.25) is 0 Å². The fourth-order valence-electron chi connectivity index (χ4n) is 3.10. The van der Waals surface area contributed by atoms with Crippen molar-refractivity contribution in [2.45, 2.75) is 20.3 Å². The van der Waals surface area contributed by atoms with Gasteiger partial charge in [0.05, 0.1) is 11.6 Å². The van der Waals surface area contributed by atoms with Crippen molar-refractivity contribution < 1.29 is 4.79 Å². The number of Topliss-reactive ketones (excluding diaryl/α,β-unsaturated/α-hetero) is 1. The van der Waals surface area contributed by atoms with E-state index in [9.17, 15) is 4.79 Å². The van der Waals surface area contributed by atoms with Gasteiger partial charge in [0, 0.05) is 35.0 Å². The molecule has 3 aromatic heterocycles. The van der Waals surface area contributed by atoms with Gasteiger partial charge in [-0.15, -0.1) is 0 Å². The number of aromatic amines is 2. The van der Waals surface area contributed by atoms with Crippen molar-refractivity contribution >= 4 is 16.8 Å². The summed E-state index contributed by atoms with van der Waals surface area (Å²) in [5.74, 6) is -0.0320. The Labute approximate surface area is 155 Å². The summed E-state index contributed by atoms with van der Waals surface area (Å²) in [6, 6.07) is 13.5. The standard InChI is InChI=1S/C21H17N5O/c1-12-13(2)25-26-20(12)19(27)8-15-7-17-9-18(24-21(17)23-11-15)16-5-3-4-14(6-16)10-22/h3-7,9,11H,8H2,1-2H3,(H,23,24)(H,25,26). The normalized spacial score (nSPS) is 10.9. The maximum atomic E-state index is 12.5. The molecule has 0 saturated heterocycles. The van der Waals surface area contributed by atoms with E-state index < -0.39 is 0 Å². The lowest BCUT2D eigenvalue weighted by Crippen LogP contribution is -2.06. The summed E-state index contributed by atoms with van der Waals surface area (Å²) in [6.45, 7) is 3.79. The van der Waals surface area contributed by atoms with Crippen molar-refractivity contribution in [3.05, 3.63) is 70.7 Å². The van der Waals surface area contributed by atoms with Gasteiger partial charge in [0.25, 0.3) is 0 Å². The number of hydrogen-bond donors (Lipinski definition) is 2. The average Bonchev–Trinajstić information content (AvgIpc) is 3.25. The van der Waals surface area contributed by atoms with Crippen LogP contribution in [0.1, 0.15) is 32.9 Å². The highest BCUT2D eigenvalue weighted by atomic mass is 16.1. The van der Waals surface area contributed by atoms with Gasteiger partial charge in [0.1, 0.15) is 11.3 Å². The molecule has 0 spiro atoms. The molecule has 4 aromatic rings. The summed E-state index contributed by atoms with van der Waals surface area (Å²) in [5.41, 5.74) is 6.27. The summed E-state index contributed by atoms with van der Waals surface area (Å²) in [7, 11) is 0. The van der Waals surface area contributed by atoms with E-state index in [4.69, 9.17) is 5.26 Å². The second-order valence-corrected chi connectivity index (χ2v) is 6.58. The minimum atomic E-state index is -0.0320. The second kappa shape index (κ2) is 6.54. The van der Waals surface area contributed by atoms with E-state index >= 15 is 0 Å². The highest BCUT2D eigenvalue weighted by Crippen LogP contribution is 2.25.